The minimum atomic E-state index is -0.0598. The largest absolute Gasteiger partial charge is 0.335 e. The molecule has 7 heterocycles. The number of aryl methyl sites for hydroxylation is 3. The number of rotatable bonds is 2. The second-order valence-corrected chi connectivity index (χ2v) is 44.0. The molecule has 7 aromatic heterocycles. The lowest BCUT2D eigenvalue weighted by Gasteiger charge is -2.26. The molecule has 10 heteroatoms. The Balaban J connectivity index is 0.000000116. The van der Waals surface area contributed by atoms with Crippen LogP contribution >= 0.6 is 0 Å². The van der Waals surface area contributed by atoms with E-state index in [1.54, 1.807) is 0 Å². The Morgan fingerprint density at radius 1 is 0.235 bits per heavy atom. The molecule has 0 aliphatic heterocycles. The lowest BCUT2D eigenvalue weighted by molar-refractivity contribution is 0.419. The summed E-state index contributed by atoms with van der Waals surface area (Å²) in [6, 6.07) is 106. The van der Waals surface area contributed by atoms with Gasteiger partial charge in [-0.2, -0.15) is 0 Å². The Labute approximate surface area is 781 Å². The molecular weight excluding hydrogens is 1610 g/mol. The van der Waals surface area contributed by atoms with Crippen LogP contribution in [0.4, 0.5) is 11.4 Å². The van der Waals surface area contributed by atoms with Crippen molar-refractivity contribution in [2.45, 2.75) is 231 Å². The zero-order valence-electron chi connectivity index (χ0n) is 82.8. The van der Waals surface area contributed by atoms with Gasteiger partial charge in [0.1, 0.15) is 0 Å². The molecule has 0 atom stereocenters. The Hall–Kier alpha value is -13.7. The molecule has 0 aliphatic carbocycles. The van der Waals surface area contributed by atoms with Gasteiger partial charge in [0.2, 0.25) is 5.78 Å². The molecule has 0 saturated heterocycles. The fourth-order valence-electron chi connectivity index (χ4n) is 20.0. The predicted molar refractivity (Wildman–Crippen MR) is 570 cm³/mol. The molecule has 0 unspecified atom stereocenters. The van der Waals surface area contributed by atoms with Gasteiger partial charge in [0, 0.05) is 121 Å². The van der Waals surface area contributed by atoms with Crippen molar-refractivity contribution in [3.8, 4) is 22.3 Å². The highest BCUT2D eigenvalue weighted by Gasteiger charge is 2.31. The van der Waals surface area contributed by atoms with Gasteiger partial charge in [0.25, 0.3) is 0 Å². The Kier molecular flexibility index (Phi) is 23.8. The lowest BCUT2D eigenvalue weighted by atomic mass is 9.85. The van der Waals surface area contributed by atoms with Gasteiger partial charge in [-0.3, -0.25) is 4.40 Å². The molecule has 0 spiro atoms. The van der Waals surface area contributed by atoms with E-state index in [2.05, 4.69) is 495 Å². The molecule has 0 N–H and O–H groups in total. The average Bonchev–Trinajstić information content (AvgIpc) is 1.55. The van der Waals surface area contributed by atoms with E-state index in [0.717, 1.165) is 11.3 Å². The maximum Gasteiger partial charge on any atom is 0.216 e. The van der Waals surface area contributed by atoms with Crippen LogP contribution in [-0.2, 0) is 44.1 Å². The number of benzene rings is 14. The van der Waals surface area contributed by atoms with Crippen molar-refractivity contribution < 1.29 is 0 Å². The van der Waals surface area contributed by atoms with E-state index in [4.69, 9.17) is 18.1 Å². The summed E-state index contributed by atoms with van der Waals surface area (Å²) in [6.07, 6.45) is 0. The molecule has 132 heavy (non-hydrogen) atoms. The highest BCUT2D eigenvalue weighted by Crippen LogP contribution is 2.47. The molecule has 0 bridgehead atoms. The highest BCUT2D eigenvalue weighted by molar-refractivity contribution is 6.17. The van der Waals surface area contributed by atoms with Crippen LogP contribution < -0.4 is 0 Å². The van der Waals surface area contributed by atoms with Crippen LogP contribution in [0.2, 0.25) is 0 Å². The summed E-state index contributed by atoms with van der Waals surface area (Å²) in [6.45, 7) is 75.2. The number of nitrogens with zero attached hydrogens (tertiary/aromatic N) is 10. The van der Waals surface area contributed by atoms with Crippen LogP contribution in [0.3, 0.4) is 0 Å². The van der Waals surface area contributed by atoms with Gasteiger partial charge in [0.15, 0.2) is 11.4 Å². The maximum atomic E-state index is 7.22. The van der Waals surface area contributed by atoms with Crippen molar-refractivity contribution in [3.05, 3.63) is 348 Å². The third-order valence-electron chi connectivity index (χ3n) is 25.6. The van der Waals surface area contributed by atoms with E-state index in [9.17, 15) is 0 Å². The molecule has 0 amide bonds. The number of para-hydroxylation sites is 9. The first-order valence-corrected chi connectivity index (χ1v) is 46.8. The molecule has 14 aromatic carbocycles. The maximum absolute atomic E-state index is 7.22. The van der Waals surface area contributed by atoms with Gasteiger partial charge in [-0.05, 0) is 291 Å². The lowest BCUT2D eigenvalue weighted by Crippen LogP contribution is -2.22. The molecule has 0 fully saturated rings. The molecule has 0 saturated carbocycles. The standard InChI is InChI=1S/C28H25N.C24H33N.C18H18N2.C18H21N.C17H17N3.C17H16N2/c1-28(2,3)29-26-22(20-12-6-4-7-13-20)16-10-18-24(26)25-19-11-17-23(27(25)29)21-14-8-5-9-15-21;1-22(2,3)16-10-12-20-18(14-16)19-15-17(23(4,5)6)11-13-21(19)25(20)24(7,8)9;1-12-6-8-16-14(10-12)15-11-13(19-5)7-9-17(15)20(16)18(2,3)4;1-12-8-6-10-14-15-11-7-9-13(2)17(15)19(16(12)14)18(3,4)5;1-17(2,3)20-15-11-7-6-10-14(15)19-13-9-5-4-8-12(13)18-16(19)20;1-17(2,3)19-15-8-6-5-7-13(15)14-11-12(18-4)9-10-16(14)19/h4-19H,1-3H3;10-15H,1-9H3;6-11H,1-4H3;6-11H,1-5H3;4-11H,1-3H3;5-11H,1-3H3. The summed E-state index contributed by atoms with van der Waals surface area (Å²) in [4.78, 5) is 11.9. The summed E-state index contributed by atoms with van der Waals surface area (Å²) in [5, 5.41) is 12.9. The smallest absolute Gasteiger partial charge is 0.216 e. The molecule has 21 aromatic rings. The first-order valence-electron chi connectivity index (χ1n) is 46.8. The Bertz CT molecular complexity index is 7830. The van der Waals surface area contributed by atoms with Crippen molar-refractivity contribution in [1.29, 1.82) is 0 Å². The summed E-state index contributed by atoms with van der Waals surface area (Å²) < 4.78 is 16.8. The molecule has 668 valence electrons. The van der Waals surface area contributed by atoms with Crippen molar-refractivity contribution in [1.82, 2.24) is 36.8 Å². The molecule has 10 nitrogen and oxygen atoms in total. The van der Waals surface area contributed by atoms with Crippen molar-refractivity contribution in [2.75, 3.05) is 0 Å². The van der Waals surface area contributed by atoms with Crippen LogP contribution in [0.5, 0.6) is 0 Å². The van der Waals surface area contributed by atoms with Crippen molar-refractivity contribution >= 4 is 148 Å². The van der Waals surface area contributed by atoms with Gasteiger partial charge in [-0.15, -0.1) is 0 Å². The molecule has 21 rings (SSSR count). The van der Waals surface area contributed by atoms with Gasteiger partial charge in [-0.25, -0.2) is 14.7 Å². The average molecular weight is 1740 g/mol. The minimum Gasteiger partial charge on any atom is -0.335 e. The number of hydrogen-bond acceptors (Lipinski definition) is 1. The highest BCUT2D eigenvalue weighted by atomic mass is 15.2. The molecule has 0 aliphatic rings. The predicted octanol–water partition coefficient (Wildman–Crippen LogP) is 34.9. The first-order chi connectivity index (χ1) is 62.3. The van der Waals surface area contributed by atoms with E-state index in [0.29, 0.717) is 11.4 Å². The van der Waals surface area contributed by atoms with Crippen LogP contribution in [0, 0.1) is 33.9 Å². The van der Waals surface area contributed by atoms with Gasteiger partial charge in [0.05, 0.1) is 57.3 Å². The molecular formula is C122H130N10. The number of fused-ring (bicyclic) bond motifs is 20. The molecule has 0 radical (unpaired) electrons. The van der Waals surface area contributed by atoms with E-state index in [1.165, 1.54) is 176 Å². The van der Waals surface area contributed by atoms with Crippen LogP contribution in [0.25, 0.3) is 169 Å². The Morgan fingerprint density at radius 2 is 0.545 bits per heavy atom. The second-order valence-electron chi connectivity index (χ2n) is 44.0. The summed E-state index contributed by atoms with van der Waals surface area (Å²) in [7, 11) is 0. The van der Waals surface area contributed by atoms with Crippen molar-refractivity contribution in [2.24, 2.45) is 0 Å². The van der Waals surface area contributed by atoms with E-state index < -0.39 is 0 Å². The third kappa shape index (κ3) is 17.2. The van der Waals surface area contributed by atoms with Crippen LogP contribution in [0.15, 0.2) is 297 Å². The minimum absolute atomic E-state index is 0.00820. The van der Waals surface area contributed by atoms with Gasteiger partial charge >= 0.3 is 0 Å². The van der Waals surface area contributed by atoms with Crippen LogP contribution in [-0.4, -0.2) is 36.8 Å². The monoisotopic (exact) mass is 1740 g/mol. The number of imidazole rings is 2. The van der Waals surface area contributed by atoms with Gasteiger partial charge < -0.3 is 27.4 Å². The Morgan fingerprint density at radius 3 is 0.955 bits per heavy atom. The van der Waals surface area contributed by atoms with Crippen LogP contribution in [0.1, 0.15) is 194 Å². The SMILES string of the molecule is CC(C)(C)c1ccc2c(c1)c1cc(C(C)(C)C)ccc1n2C(C)(C)C.CC(C)(C)n1c2c(-c3ccccc3)cccc2c2cccc(-c3ccccc3)c21.CC(C)(C)n1c2ccccc2n2c3ccccc3nc12.Cc1cccc2c3cccc(C)c3n(C(C)(C)C)c12.[C-]#[N+]c1ccc2c(c1)c1cc(C)ccc1n2C(C)(C)C.[C-]#[N+]c1ccc2c(c1)c1ccccc1n2C(C)(C)C. The number of aromatic nitrogens is 8. The van der Waals surface area contributed by atoms with E-state index in [-0.39, 0.29) is 44.1 Å². The fraction of sp³-hybridized carbons (Fsp3) is 0.287. The normalized spacial score (nSPS) is 12.5. The topological polar surface area (TPSA) is 55.6 Å². The summed E-state index contributed by atoms with van der Waals surface area (Å²) >= 11 is 0. The summed E-state index contributed by atoms with van der Waals surface area (Å²) in [5.41, 5.74) is 31.2. The third-order valence-corrected chi connectivity index (χ3v) is 25.6. The zero-order chi connectivity index (χ0) is 94.6. The van der Waals surface area contributed by atoms with E-state index >= 15 is 0 Å². The van der Waals surface area contributed by atoms with Gasteiger partial charge in [-0.1, -0.05) is 253 Å². The zero-order valence-corrected chi connectivity index (χ0v) is 82.8. The first kappa shape index (κ1) is 91.6. The second kappa shape index (κ2) is 34.2. The number of hydrogen-bond donors (Lipinski definition) is 0. The fourth-order valence-corrected chi connectivity index (χ4v) is 20.0. The van der Waals surface area contributed by atoms with E-state index in [1.807, 2.05) is 30.3 Å². The quantitative estimate of drug-likeness (QED) is 0.159. The van der Waals surface area contributed by atoms with Crippen molar-refractivity contribution in [3.63, 3.8) is 0 Å². The summed E-state index contributed by atoms with van der Waals surface area (Å²) in [5.74, 6) is 1.01.